The van der Waals surface area contributed by atoms with E-state index in [1.165, 1.54) is 0 Å². The lowest BCUT2D eigenvalue weighted by molar-refractivity contribution is 0.112. The van der Waals surface area contributed by atoms with Crippen LogP contribution in [0.1, 0.15) is 28.5 Å². The van der Waals surface area contributed by atoms with Crippen LogP contribution in [0.4, 0.5) is 0 Å². The topological polar surface area (TPSA) is 30.0 Å². The predicted octanol–water partition coefficient (Wildman–Crippen LogP) is 2.24. The van der Waals surface area contributed by atoms with Gasteiger partial charge in [-0.2, -0.15) is 0 Å². The monoisotopic (exact) mass is 161 g/mol. The molecule has 0 aliphatic rings. The Morgan fingerprint density at radius 2 is 2.25 bits per heavy atom. The Morgan fingerprint density at radius 3 is 2.83 bits per heavy atom. The number of rotatable bonds is 2. The Hall–Kier alpha value is -1.44. The summed E-state index contributed by atoms with van der Waals surface area (Å²) in [5, 5.41) is 0. The van der Waals surface area contributed by atoms with Crippen molar-refractivity contribution in [1.29, 1.82) is 0 Å². The third-order valence-corrected chi connectivity index (χ3v) is 1.63. The molecular weight excluding hydrogens is 150 g/mol. The lowest BCUT2D eigenvalue weighted by atomic mass is 10.1. The fourth-order valence-electron chi connectivity index (χ4n) is 0.980. The van der Waals surface area contributed by atoms with Gasteiger partial charge < -0.3 is 0 Å². The molecule has 1 rings (SSSR count). The summed E-state index contributed by atoms with van der Waals surface area (Å²) < 4.78 is 0. The first-order chi connectivity index (χ1) is 5.77. The normalized spacial score (nSPS) is 10.5. The van der Waals surface area contributed by atoms with Crippen molar-refractivity contribution >= 4 is 12.4 Å². The molecule has 12 heavy (non-hydrogen) atoms. The molecule has 0 aliphatic heterocycles. The molecule has 0 radical (unpaired) electrons. The summed E-state index contributed by atoms with van der Waals surface area (Å²) in [6.45, 7) is 3.86. The number of nitrogens with zero attached hydrogens (tertiary/aromatic N) is 1. The molecule has 0 unspecified atom stereocenters. The first kappa shape index (κ1) is 8.65. The number of aryl methyl sites for hydroxylation is 1. The van der Waals surface area contributed by atoms with E-state index in [4.69, 9.17) is 0 Å². The molecule has 0 aromatic carbocycles. The SMILES string of the molecule is C/C=C\c1cc(C=O)cnc1C. The van der Waals surface area contributed by atoms with Crippen LogP contribution < -0.4 is 0 Å². The smallest absolute Gasteiger partial charge is 0.151 e. The second kappa shape index (κ2) is 3.81. The molecule has 1 aromatic rings. The summed E-state index contributed by atoms with van der Waals surface area (Å²) >= 11 is 0. The van der Waals surface area contributed by atoms with Crippen LogP contribution in [0, 0.1) is 6.92 Å². The van der Waals surface area contributed by atoms with Gasteiger partial charge in [-0.1, -0.05) is 12.2 Å². The van der Waals surface area contributed by atoms with Crippen molar-refractivity contribution in [2.45, 2.75) is 13.8 Å². The first-order valence-corrected chi connectivity index (χ1v) is 3.82. The molecule has 0 amide bonds. The summed E-state index contributed by atoms with van der Waals surface area (Å²) in [6, 6.07) is 1.83. The molecule has 1 aromatic heterocycles. The summed E-state index contributed by atoms with van der Waals surface area (Å²) in [7, 11) is 0. The lowest BCUT2D eigenvalue weighted by Gasteiger charge is -1.98. The molecule has 2 heteroatoms. The average molecular weight is 161 g/mol. The molecule has 2 nitrogen and oxygen atoms in total. The van der Waals surface area contributed by atoms with Crippen molar-refractivity contribution in [3.8, 4) is 0 Å². The zero-order valence-electron chi connectivity index (χ0n) is 7.24. The fraction of sp³-hybridized carbons (Fsp3) is 0.200. The van der Waals surface area contributed by atoms with Gasteiger partial charge in [-0.05, 0) is 25.5 Å². The van der Waals surface area contributed by atoms with Gasteiger partial charge in [0.25, 0.3) is 0 Å². The van der Waals surface area contributed by atoms with Gasteiger partial charge in [-0.15, -0.1) is 0 Å². The molecule has 0 aliphatic carbocycles. The number of hydrogen-bond donors (Lipinski definition) is 0. The third-order valence-electron chi connectivity index (χ3n) is 1.63. The fourth-order valence-corrected chi connectivity index (χ4v) is 0.980. The predicted molar refractivity (Wildman–Crippen MR) is 49.1 cm³/mol. The van der Waals surface area contributed by atoms with Crippen molar-refractivity contribution in [2.75, 3.05) is 0 Å². The van der Waals surface area contributed by atoms with Crippen LogP contribution in [0.15, 0.2) is 18.3 Å². The van der Waals surface area contributed by atoms with Gasteiger partial charge in [0.1, 0.15) is 0 Å². The van der Waals surface area contributed by atoms with Crippen LogP contribution in [-0.2, 0) is 0 Å². The number of aromatic nitrogens is 1. The average Bonchev–Trinajstić information content (AvgIpc) is 2.09. The maximum atomic E-state index is 10.4. The Balaban J connectivity index is 3.16. The van der Waals surface area contributed by atoms with Crippen LogP contribution in [0.3, 0.4) is 0 Å². The van der Waals surface area contributed by atoms with Gasteiger partial charge in [0, 0.05) is 17.5 Å². The highest BCUT2D eigenvalue weighted by Gasteiger charge is 1.96. The van der Waals surface area contributed by atoms with Gasteiger partial charge in [0.15, 0.2) is 6.29 Å². The van der Waals surface area contributed by atoms with Crippen LogP contribution in [0.5, 0.6) is 0 Å². The highest BCUT2D eigenvalue weighted by Crippen LogP contribution is 2.08. The van der Waals surface area contributed by atoms with E-state index in [9.17, 15) is 4.79 Å². The summed E-state index contributed by atoms with van der Waals surface area (Å²) in [6.07, 6.45) is 6.25. The van der Waals surface area contributed by atoms with E-state index in [1.54, 1.807) is 6.20 Å². The summed E-state index contributed by atoms with van der Waals surface area (Å²) in [5.74, 6) is 0. The summed E-state index contributed by atoms with van der Waals surface area (Å²) in [5.41, 5.74) is 2.56. The van der Waals surface area contributed by atoms with Crippen molar-refractivity contribution in [3.63, 3.8) is 0 Å². The van der Waals surface area contributed by atoms with Crippen molar-refractivity contribution in [3.05, 3.63) is 35.2 Å². The number of hydrogen-bond acceptors (Lipinski definition) is 2. The molecule has 0 bridgehead atoms. The van der Waals surface area contributed by atoms with Crippen molar-refractivity contribution in [2.24, 2.45) is 0 Å². The van der Waals surface area contributed by atoms with E-state index < -0.39 is 0 Å². The minimum atomic E-state index is 0.619. The summed E-state index contributed by atoms with van der Waals surface area (Å²) in [4.78, 5) is 14.5. The second-order valence-electron chi connectivity index (χ2n) is 2.56. The minimum absolute atomic E-state index is 0.619. The van der Waals surface area contributed by atoms with Crippen LogP contribution in [0.2, 0.25) is 0 Å². The molecular formula is C10H11NO. The number of carbonyl (C=O) groups excluding carboxylic acids is 1. The standard InChI is InChI=1S/C10H11NO/c1-3-4-10-5-9(7-12)6-11-8(10)2/h3-7H,1-2H3/b4-3-. The zero-order chi connectivity index (χ0) is 8.97. The third kappa shape index (κ3) is 1.78. The highest BCUT2D eigenvalue weighted by atomic mass is 16.1. The van der Waals surface area contributed by atoms with Gasteiger partial charge in [-0.3, -0.25) is 9.78 Å². The second-order valence-corrected chi connectivity index (χ2v) is 2.56. The van der Waals surface area contributed by atoms with Crippen LogP contribution >= 0.6 is 0 Å². The maximum Gasteiger partial charge on any atom is 0.151 e. The largest absolute Gasteiger partial charge is 0.298 e. The van der Waals surface area contributed by atoms with E-state index >= 15 is 0 Å². The Labute approximate surface area is 71.9 Å². The van der Waals surface area contributed by atoms with E-state index in [2.05, 4.69) is 4.98 Å². The van der Waals surface area contributed by atoms with E-state index in [-0.39, 0.29) is 0 Å². The first-order valence-electron chi connectivity index (χ1n) is 3.82. The van der Waals surface area contributed by atoms with Crippen molar-refractivity contribution in [1.82, 2.24) is 4.98 Å². The number of pyridine rings is 1. The van der Waals surface area contributed by atoms with E-state index in [0.717, 1.165) is 17.5 Å². The number of carbonyl (C=O) groups is 1. The van der Waals surface area contributed by atoms with Gasteiger partial charge in [0.2, 0.25) is 0 Å². The van der Waals surface area contributed by atoms with Gasteiger partial charge in [-0.25, -0.2) is 0 Å². The molecule has 0 spiro atoms. The number of allylic oxidation sites excluding steroid dienone is 1. The minimum Gasteiger partial charge on any atom is -0.298 e. The molecule has 62 valence electrons. The lowest BCUT2D eigenvalue weighted by Crippen LogP contribution is -1.89. The van der Waals surface area contributed by atoms with Gasteiger partial charge >= 0.3 is 0 Å². The number of aldehydes is 1. The van der Waals surface area contributed by atoms with E-state index in [0.29, 0.717) is 5.56 Å². The van der Waals surface area contributed by atoms with Crippen LogP contribution in [-0.4, -0.2) is 11.3 Å². The zero-order valence-corrected chi connectivity index (χ0v) is 7.24. The highest BCUT2D eigenvalue weighted by molar-refractivity contribution is 5.75. The molecule has 0 atom stereocenters. The molecule has 0 saturated heterocycles. The van der Waals surface area contributed by atoms with E-state index in [1.807, 2.05) is 32.1 Å². The maximum absolute atomic E-state index is 10.4. The molecule has 0 N–H and O–H groups in total. The quantitative estimate of drug-likeness (QED) is 0.622. The molecule has 0 fully saturated rings. The Morgan fingerprint density at radius 1 is 1.50 bits per heavy atom. The Bertz CT molecular complexity index is 316. The Kier molecular flexibility index (Phi) is 2.75. The molecule has 0 saturated carbocycles. The molecule has 1 heterocycles. The van der Waals surface area contributed by atoms with Crippen LogP contribution in [0.25, 0.3) is 6.08 Å². The van der Waals surface area contributed by atoms with Gasteiger partial charge in [0.05, 0.1) is 0 Å². The van der Waals surface area contributed by atoms with Crippen molar-refractivity contribution < 1.29 is 4.79 Å².